The molecule has 0 aliphatic carbocycles. The third-order valence-corrected chi connectivity index (χ3v) is 4.36. The zero-order valence-electron chi connectivity index (χ0n) is 13.5. The Morgan fingerprint density at radius 3 is 2.60 bits per heavy atom. The van der Waals surface area contributed by atoms with Gasteiger partial charge in [-0.3, -0.25) is 4.79 Å². The van der Waals surface area contributed by atoms with Crippen molar-refractivity contribution in [3.05, 3.63) is 41.4 Å². The summed E-state index contributed by atoms with van der Waals surface area (Å²) < 4.78 is 15.9. The fourth-order valence-electron chi connectivity index (χ4n) is 2.15. The first kappa shape index (κ1) is 17.4. The molecule has 1 heterocycles. The predicted molar refractivity (Wildman–Crippen MR) is 97.9 cm³/mol. The summed E-state index contributed by atoms with van der Waals surface area (Å²) in [7, 11) is 3.10. The van der Waals surface area contributed by atoms with E-state index in [0.29, 0.717) is 38.5 Å². The Hall–Kier alpha value is -2.38. The van der Waals surface area contributed by atoms with E-state index in [0.717, 1.165) is 0 Å². The van der Waals surface area contributed by atoms with Gasteiger partial charge in [0, 0.05) is 28.9 Å². The largest absolute Gasteiger partial charge is 0.497 e. The van der Waals surface area contributed by atoms with Crippen LogP contribution in [0.5, 0.6) is 11.5 Å². The van der Waals surface area contributed by atoms with Gasteiger partial charge in [0.15, 0.2) is 5.58 Å². The van der Waals surface area contributed by atoms with Gasteiger partial charge in [-0.15, -0.1) is 0 Å². The number of oxazole rings is 1. The standard InChI is InChI=1S/C17H15ClN2O4S/c1-22-12-6-11(7-13(8-12)23-2)19-16(21)9-25-17-20-14-5-10(18)3-4-15(14)24-17/h3-8H,9H2,1-2H3,(H,19,21). The maximum absolute atomic E-state index is 12.2. The SMILES string of the molecule is COc1cc(NC(=O)CSc2nc3cc(Cl)ccc3o2)cc(OC)c1. The first-order valence-electron chi connectivity index (χ1n) is 7.29. The van der Waals surface area contributed by atoms with Crippen molar-refractivity contribution in [2.75, 3.05) is 25.3 Å². The molecular formula is C17H15ClN2O4S. The molecule has 8 heteroatoms. The van der Waals surface area contributed by atoms with Gasteiger partial charge in [0.1, 0.15) is 17.0 Å². The third kappa shape index (κ3) is 4.37. The minimum atomic E-state index is -0.194. The fraction of sp³-hybridized carbons (Fsp3) is 0.176. The van der Waals surface area contributed by atoms with Crippen LogP contribution in [0.15, 0.2) is 46.0 Å². The van der Waals surface area contributed by atoms with Crippen molar-refractivity contribution in [3.8, 4) is 11.5 Å². The maximum atomic E-state index is 12.2. The molecule has 0 saturated heterocycles. The molecule has 0 saturated carbocycles. The number of benzene rings is 2. The second kappa shape index (κ2) is 7.67. The number of thioether (sulfide) groups is 1. The second-order valence-corrected chi connectivity index (χ2v) is 6.39. The maximum Gasteiger partial charge on any atom is 0.257 e. The number of carbonyl (C=O) groups excluding carboxylic acids is 1. The Kier molecular flexibility index (Phi) is 5.35. The first-order valence-corrected chi connectivity index (χ1v) is 8.65. The van der Waals surface area contributed by atoms with Crippen molar-refractivity contribution in [2.45, 2.75) is 5.22 Å². The molecule has 2 aromatic carbocycles. The van der Waals surface area contributed by atoms with Crippen LogP contribution >= 0.6 is 23.4 Å². The quantitative estimate of drug-likeness (QED) is 0.647. The highest BCUT2D eigenvalue weighted by Gasteiger charge is 2.11. The van der Waals surface area contributed by atoms with E-state index in [2.05, 4.69) is 10.3 Å². The van der Waals surface area contributed by atoms with Crippen molar-refractivity contribution >= 4 is 46.1 Å². The van der Waals surface area contributed by atoms with Crippen molar-refractivity contribution in [3.63, 3.8) is 0 Å². The van der Waals surface area contributed by atoms with Gasteiger partial charge in [-0.2, -0.15) is 0 Å². The Bertz CT molecular complexity index is 891. The van der Waals surface area contributed by atoms with Gasteiger partial charge in [-0.05, 0) is 18.2 Å². The lowest BCUT2D eigenvalue weighted by Gasteiger charge is -2.09. The third-order valence-electron chi connectivity index (χ3n) is 3.29. The number of amides is 1. The molecule has 1 N–H and O–H groups in total. The molecule has 0 atom stereocenters. The molecular weight excluding hydrogens is 364 g/mol. The summed E-state index contributed by atoms with van der Waals surface area (Å²) in [6.45, 7) is 0. The topological polar surface area (TPSA) is 73.6 Å². The Labute approximate surface area is 153 Å². The molecule has 1 aromatic heterocycles. The fourth-order valence-corrected chi connectivity index (χ4v) is 2.95. The van der Waals surface area contributed by atoms with E-state index in [1.807, 2.05) is 0 Å². The van der Waals surface area contributed by atoms with E-state index in [1.165, 1.54) is 11.8 Å². The van der Waals surface area contributed by atoms with Crippen LogP contribution in [0.2, 0.25) is 5.02 Å². The zero-order valence-corrected chi connectivity index (χ0v) is 15.1. The highest BCUT2D eigenvalue weighted by molar-refractivity contribution is 7.99. The molecule has 0 bridgehead atoms. The number of aromatic nitrogens is 1. The number of ether oxygens (including phenoxy) is 2. The van der Waals surface area contributed by atoms with Gasteiger partial charge in [0.25, 0.3) is 5.22 Å². The summed E-state index contributed by atoms with van der Waals surface area (Å²) >= 11 is 7.13. The highest BCUT2D eigenvalue weighted by atomic mass is 35.5. The highest BCUT2D eigenvalue weighted by Crippen LogP contribution is 2.27. The first-order chi connectivity index (χ1) is 12.1. The second-order valence-electron chi connectivity index (χ2n) is 5.03. The van der Waals surface area contributed by atoms with Crippen molar-refractivity contribution < 1.29 is 18.7 Å². The number of fused-ring (bicyclic) bond motifs is 1. The smallest absolute Gasteiger partial charge is 0.257 e. The summed E-state index contributed by atoms with van der Waals surface area (Å²) in [5.41, 5.74) is 1.88. The van der Waals surface area contributed by atoms with Gasteiger partial charge < -0.3 is 19.2 Å². The van der Waals surface area contributed by atoms with Gasteiger partial charge in [0.05, 0.1) is 20.0 Å². The van der Waals surface area contributed by atoms with Gasteiger partial charge in [-0.25, -0.2) is 4.98 Å². The molecule has 6 nitrogen and oxygen atoms in total. The number of hydrogen-bond acceptors (Lipinski definition) is 6. The summed E-state index contributed by atoms with van der Waals surface area (Å²) in [6, 6.07) is 10.4. The number of halogens is 1. The van der Waals surface area contributed by atoms with Gasteiger partial charge >= 0.3 is 0 Å². The van der Waals surface area contributed by atoms with E-state index in [9.17, 15) is 4.79 Å². The van der Waals surface area contributed by atoms with Crippen LogP contribution in [-0.2, 0) is 4.79 Å². The van der Waals surface area contributed by atoms with Crippen LogP contribution in [0.4, 0.5) is 5.69 Å². The lowest BCUT2D eigenvalue weighted by molar-refractivity contribution is -0.113. The average molecular weight is 379 g/mol. The van der Waals surface area contributed by atoms with Crippen LogP contribution in [0, 0.1) is 0 Å². The van der Waals surface area contributed by atoms with Crippen molar-refractivity contribution in [2.24, 2.45) is 0 Å². The molecule has 3 rings (SSSR count). The van der Waals surface area contributed by atoms with Gasteiger partial charge in [-0.1, -0.05) is 23.4 Å². The molecule has 0 fully saturated rings. The Morgan fingerprint density at radius 2 is 1.92 bits per heavy atom. The van der Waals surface area contributed by atoms with E-state index >= 15 is 0 Å². The van der Waals surface area contributed by atoms with Crippen molar-refractivity contribution in [1.29, 1.82) is 0 Å². The summed E-state index contributed by atoms with van der Waals surface area (Å²) in [5.74, 6) is 1.15. The molecule has 3 aromatic rings. The molecule has 0 radical (unpaired) electrons. The van der Waals surface area contributed by atoms with Crippen LogP contribution < -0.4 is 14.8 Å². The van der Waals surface area contributed by atoms with E-state index in [-0.39, 0.29) is 11.7 Å². The number of anilines is 1. The Balaban J connectivity index is 1.64. The molecule has 0 aliphatic rings. The number of methoxy groups -OCH3 is 2. The van der Waals surface area contributed by atoms with Gasteiger partial charge in [0.2, 0.25) is 5.91 Å². The average Bonchev–Trinajstić information content (AvgIpc) is 3.01. The minimum absolute atomic E-state index is 0.153. The minimum Gasteiger partial charge on any atom is -0.497 e. The molecule has 25 heavy (non-hydrogen) atoms. The lowest BCUT2D eigenvalue weighted by atomic mass is 10.2. The molecule has 0 unspecified atom stereocenters. The number of nitrogens with zero attached hydrogens (tertiary/aromatic N) is 1. The predicted octanol–water partition coefficient (Wildman–Crippen LogP) is 4.23. The zero-order chi connectivity index (χ0) is 17.8. The van der Waals surface area contributed by atoms with Crippen LogP contribution in [0.25, 0.3) is 11.1 Å². The lowest BCUT2D eigenvalue weighted by Crippen LogP contribution is -2.14. The van der Waals surface area contributed by atoms with E-state index in [1.54, 1.807) is 50.6 Å². The Morgan fingerprint density at radius 1 is 1.20 bits per heavy atom. The van der Waals surface area contributed by atoms with E-state index in [4.69, 9.17) is 25.5 Å². The molecule has 0 spiro atoms. The van der Waals surface area contributed by atoms with E-state index < -0.39 is 0 Å². The van der Waals surface area contributed by atoms with Crippen LogP contribution in [0.3, 0.4) is 0 Å². The molecule has 1 amide bonds. The number of nitrogens with one attached hydrogen (secondary N) is 1. The molecule has 0 aliphatic heterocycles. The number of rotatable bonds is 6. The number of carbonyl (C=O) groups is 1. The normalized spacial score (nSPS) is 10.7. The van der Waals surface area contributed by atoms with Crippen molar-refractivity contribution in [1.82, 2.24) is 4.98 Å². The van der Waals surface area contributed by atoms with Crippen LogP contribution in [0.1, 0.15) is 0 Å². The summed E-state index contributed by atoms with van der Waals surface area (Å²) in [5, 5.41) is 3.79. The summed E-state index contributed by atoms with van der Waals surface area (Å²) in [4.78, 5) is 16.4. The molecule has 130 valence electrons. The van der Waals surface area contributed by atoms with Crippen LogP contribution in [-0.4, -0.2) is 30.9 Å². The number of hydrogen-bond donors (Lipinski definition) is 1. The summed E-state index contributed by atoms with van der Waals surface area (Å²) in [6.07, 6.45) is 0. The monoisotopic (exact) mass is 378 g/mol.